The summed E-state index contributed by atoms with van der Waals surface area (Å²) in [6.07, 6.45) is 3.63. The van der Waals surface area contributed by atoms with Gasteiger partial charge in [0.1, 0.15) is 5.75 Å². The number of phenolic OH excluding ortho intramolecular Hbond substituents is 1. The molecule has 2 aliphatic rings. The van der Waals surface area contributed by atoms with Crippen LogP contribution in [0.3, 0.4) is 0 Å². The molecule has 2 unspecified atom stereocenters. The number of ether oxygens (including phenoxy) is 2. The standard InChI is InChI=1S/C13H16O3/c1-15-10-6-9(14)13(16-2)12-8-4-3-7(5-8)11(10)12/h6-8,14H,3-5H2,1-2H3. The highest BCUT2D eigenvalue weighted by atomic mass is 16.5. The lowest BCUT2D eigenvalue weighted by atomic mass is 9.90. The van der Waals surface area contributed by atoms with E-state index in [0.29, 0.717) is 17.6 Å². The van der Waals surface area contributed by atoms with Crippen LogP contribution in [0.2, 0.25) is 0 Å². The van der Waals surface area contributed by atoms with Crippen LogP contribution in [0.1, 0.15) is 42.2 Å². The Labute approximate surface area is 95.0 Å². The van der Waals surface area contributed by atoms with Crippen LogP contribution < -0.4 is 9.47 Å². The van der Waals surface area contributed by atoms with Crippen molar-refractivity contribution in [2.24, 2.45) is 0 Å². The van der Waals surface area contributed by atoms with Crippen LogP contribution >= 0.6 is 0 Å². The highest BCUT2D eigenvalue weighted by molar-refractivity contribution is 5.62. The molecule has 1 saturated carbocycles. The Hall–Kier alpha value is -1.38. The molecule has 2 bridgehead atoms. The Kier molecular flexibility index (Phi) is 2.03. The van der Waals surface area contributed by atoms with E-state index in [1.807, 2.05) is 0 Å². The zero-order chi connectivity index (χ0) is 11.3. The molecule has 16 heavy (non-hydrogen) atoms. The number of fused-ring (bicyclic) bond motifs is 5. The first-order valence-electron chi connectivity index (χ1n) is 5.74. The van der Waals surface area contributed by atoms with Crippen molar-refractivity contribution in [3.05, 3.63) is 17.2 Å². The molecule has 1 aromatic carbocycles. The minimum Gasteiger partial charge on any atom is -0.504 e. The van der Waals surface area contributed by atoms with Gasteiger partial charge in [0, 0.05) is 17.2 Å². The topological polar surface area (TPSA) is 38.7 Å². The first-order valence-corrected chi connectivity index (χ1v) is 5.74. The molecule has 3 nitrogen and oxygen atoms in total. The lowest BCUT2D eigenvalue weighted by Gasteiger charge is -2.21. The smallest absolute Gasteiger partial charge is 0.164 e. The maximum atomic E-state index is 9.91. The molecule has 0 spiro atoms. The van der Waals surface area contributed by atoms with Gasteiger partial charge in [0.05, 0.1) is 14.2 Å². The maximum absolute atomic E-state index is 9.91. The second-order valence-electron chi connectivity index (χ2n) is 4.67. The summed E-state index contributed by atoms with van der Waals surface area (Å²) in [5, 5.41) is 9.91. The average Bonchev–Trinajstić information content (AvgIpc) is 2.88. The number of rotatable bonds is 2. The SMILES string of the molecule is COc1cc(O)c(OC)c2c1C1CCC2C1. The normalized spacial score (nSPS) is 25.6. The first kappa shape index (κ1) is 9.82. The second-order valence-corrected chi connectivity index (χ2v) is 4.67. The molecule has 0 aliphatic heterocycles. The predicted molar refractivity (Wildman–Crippen MR) is 60.5 cm³/mol. The third kappa shape index (κ3) is 1.09. The number of hydrogen-bond donors (Lipinski definition) is 1. The van der Waals surface area contributed by atoms with Crippen molar-refractivity contribution >= 4 is 0 Å². The molecule has 0 aromatic heterocycles. The van der Waals surface area contributed by atoms with E-state index in [0.717, 1.165) is 5.75 Å². The van der Waals surface area contributed by atoms with E-state index in [-0.39, 0.29) is 5.75 Å². The van der Waals surface area contributed by atoms with Gasteiger partial charge >= 0.3 is 0 Å². The lowest BCUT2D eigenvalue weighted by Crippen LogP contribution is -2.04. The Morgan fingerprint density at radius 1 is 1.12 bits per heavy atom. The third-order valence-corrected chi connectivity index (χ3v) is 3.97. The summed E-state index contributed by atoms with van der Waals surface area (Å²) in [5.41, 5.74) is 2.46. The summed E-state index contributed by atoms with van der Waals surface area (Å²) in [5.74, 6) is 2.83. The minimum atomic E-state index is 0.200. The Balaban J connectivity index is 2.26. The fraction of sp³-hybridized carbons (Fsp3) is 0.538. The molecule has 0 amide bonds. The number of benzene rings is 1. The molecular formula is C13H16O3. The number of aromatic hydroxyl groups is 1. The lowest BCUT2D eigenvalue weighted by molar-refractivity contribution is 0.357. The maximum Gasteiger partial charge on any atom is 0.164 e. The molecule has 0 heterocycles. The number of methoxy groups -OCH3 is 2. The van der Waals surface area contributed by atoms with E-state index < -0.39 is 0 Å². The fourth-order valence-electron chi connectivity index (χ4n) is 3.38. The summed E-state index contributed by atoms with van der Waals surface area (Å²) in [7, 11) is 3.28. The zero-order valence-electron chi connectivity index (χ0n) is 9.62. The Bertz CT molecular complexity index is 439. The van der Waals surface area contributed by atoms with Gasteiger partial charge in [-0.15, -0.1) is 0 Å². The van der Waals surface area contributed by atoms with Gasteiger partial charge in [-0.3, -0.25) is 0 Å². The number of hydrogen-bond acceptors (Lipinski definition) is 3. The molecule has 3 heteroatoms. The summed E-state index contributed by atoms with van der Waals surface area (Å²) in [6, 6.07) is 1.68. The van der Waals surface area contributed by atoms with Crippen molar-refractivity contribution in [2.45, 2.75) is 31.1 Å². The van der Waals surface area contributed by atoms with Crippen LogP contribution in [-0.4, -0.2) is 19.3 Å². The van der Waals surface area contributed by atoms with Crippen molar-refractivity contribution in [1.82, 2.24) is 0 Å². The van der Waals surface area contributed by atoms with Crippen LogP contribution in [0, 0.1) is 0 Å². The van der Waals surface area contributed by atoms with Gasteiger partial charge in [0.25, 0.3) is 0 Å². The van der Waals surface area contributed by atoms with Crippen LogP contribution in [-0.2, 0) is 0 Å². The largest absolute Gasteiger partial charge is 0.504 e. The summed E-state index contributed by atoms with van der Waals surface area (Å²) < 4.78 is 10.7. The Morgan fingerprint density at radius 3 is 2.44 bits per heavy atom. The summed E-state index contributed by atoms with van der Waals surface area (Å²) >= 11 is 0. The highest BCUT2D eigenvalue weighted by Crippen LogP contribution is 2.60. The predicted octanol–water partition coefficient (Wildman–Crippen LogP) is 2.77. The van der Waals surface area contributed by atoms with Crippen LogP contribution in [0.4, 0.5) is 0 Å². The van der Waals surface area contributed by atoms with E-state index in [4.69, 9.17) is 9.47 Å². The van der Waals surface area contributed by atoms with Gasteiger partial charge in [-0.2, -0.15) is 0 Å². The Morgan fingerprint density at radius 2 is 1.81 bits per heavy atom. The van der Waals surface area contributed by atoms with Gasteiger partial charge in [-0.05, 0) is 31.1 Å². The van der Waals surface area contributed by atoms with E-state index in [2.05, 4.69) is 0 Å². The van der Waals surface area contributed by atoms with Gasteiger partial charge in [-0.25, -0.2) is 0 Å². The molecule has 0 radical (unpaired) electrons. The first-order chi connectivity index (χ1) is 7.76. The molecule has 1 aromatic rings. The van der Waals surface area contributed by atoms with Crippen molar-refractivity contribution in [1.29, 1.82) is 0 Å². The van der Waals surface area contributed by atoms with Crippen molar-refractivity contribution in [3.8, 4) is 17.2 Å². The average molecular weight is 220 g/mol. The molecular weight excluding hydrogens is 204 g/mol. The highest BCUT2D eigenvalue weighted by Gasteiger charge is 2.42. The van der Waals surface area contributed by atoms with Crippen molar-refractivity contribution in [3.63, 3.8) is 0 Å². The number of phenols is 1. The van der Waals surface area contributed by atoms with E-state index in [1.165, 1.54) is 30.4 Å². The fourth-order valence-corrected chi connectivity index (χ4v) is 3.38. The van der Waals surface area contributed by atoms with E-state index >= 15 is 0 Å². The van der Waals surface area contributed by atoms with Crippen molar-refractivity contribution < 1.29 is 14.6 Å². The molecule has 1 fully saturated rings. The second kappa shape index (κ2) is 3.30. The minimum absolute atomic E-state index is 0.200. The molecule has 1 N–H and O–H groups in total. The van der Waals surface area contributed by atoms with Crippen LogP contribution in [0.5, 0.6) is 17.2 Å². The van der Waals surface area contributed by atoms with Crippen LogP contribution in [0.25, 0.3) is 0 Å². The molecule has 3 rings (SSSR count). The molecule has 0 saturated heterocycles. The molecule has 86 valence electrons. The summed E-state index contributed by atoms with van der Waals surface area (Å²) in [4.78, 5) is 0. The molecule has 2 aliphatic carbocycles. The quantitative estimate of drug-likeness (QED) is 0.832. The monoisotopic (exact) mass is 220 g/mol. The summed E-state index contributed by atoms with van der Waals surface area (Å²) in [6.45, 7) is 0. The third-order valence-electron chi connectivity index (χ3n) is 3.97. The van der Waals surface area contributed by atoms with Gasteiger partial charge in [0.2, 0.25) is 0 Å². The zero-order valence-corrected chi connectivity index (χ0v) is 9.62. The van der Waals surface area contributed by atoms with Crippen LogP contribution in [0.15, 0.2) is 6.07 Å². The van der Waals surface area contributed by atoms with Crippen molar-refractivity contribution in [2.75, 3.05) is 14.2 Å². The van der Waals surface area contributed by atoms with Gasteiger partial charge < -0.3 is 14.6 Å². The van der Waals surface area contributed by atoms with Gasteiger partial charge in [-0.1, -0.05) is 0 Å². The molecule has 2 atom stereocenters. The van der Waals surface area contributed by atoms with Gasteiger partial charge in [0.15, 0.2) is 11.5 Å². The van der Waals surface area contributed by atoms with E-state index in [9.17, 15) is 5.11 Å². The van der Waals surface area contributed by atoms with E-state index in [1.54, 1.807) is 20.3 Å².